The van der Waals surface area contributed by atoms with Crippen molar-refractivity contribution in [3.63, 3.8) is 0 Å². The Morgan fingerprint density at radius 3 is 2.88 bits per heavy atom. The lowest BCUT2D eigenvalue weighted by atomic mass is 10.1. The van der Waals surface area contributed by atoms with Crippen LogP contribution in [0.1, 0.15) is 33.6 Å². The van der Waals surface area contributed by atoms with Gasteiger partial charge in [-0.05, 0) is 43.9 Å². The van der Waals surface area contributed by atoms with E-state index in [4.69, 9.17) is 9.84 Å². The molecule has 1 aliphatic rings. The van der Waals surface area contributed by atoms with Crippen LogP contribution in [0.25, 0.3) is 11.3 Å². The summed E-state index contributed by atoms with van der Waals surface area (Å²) in [6, 6.07) is 5.79. The largest absolute Gasteiger partial charge is 0.482 e. The van der Waals surface area contributed by atoms with Gasteiger partial charge in [0.15, 0.2) is 6.61 Å². The van der Waals surface area contributed by atoms with E-state index in [1.165, 1.54) is 0 Å². The Balaban J connectivity index is 2.04. The van der Waals surface area contributed by atoms with Crippen LogP contribution in [0.5, 0.6) is 5.75 Å². The van der Waals surface area contributed by atoms with Gasteiger partial charge >= 0.3 is 0 Å². The van der Waals surface area contributed by atoms with Crippen LogP contribution in [0.3, 0.4) is 0 Å². The molecule has 1 N–H and O–H groups in total. The zero-order valence-corrected chi connectivity index (χ0v) is 16.2. The fourth-order valence-corrected chi connectivity index (χ4v) is 3.66. The van der Waals surface area contributed by atoms with Gasteiger partial charge in [0.1, 0.15) is 5.75 Å². The zero-order chi connectivity index (χ0) is 18.5. The topological polar surface area (TPSA) is 68.0 Å². The summed E-state index contributed by atoms with van der Waals surface area (Å²) < 4.78 is 7.33. The molecule has 1 amide bonds. The Hall–Kier alpha value is -2.41. The smallest absolute Gasteiger partial charge is 0.262 e. The van der Waals surface area contributed by atoms with Crippen molar-refractivity contribution in [2.45, 2.75) is 33.6 Å². The number of nitrogens with one attached hydrogen (secondary N) is 1. The molecule has 0 saturated carbocycles. The second kappa shape index (κ2) is 8.31. The maximum atomic E-state index is 11.6. The molecular weight excluding hydrogens is 348 g/mol. The minimum atomic E-state index is -0.138. The lowest BCUT2D eigenvalue weighted by molar-refractivity contribution is -0.118. The molecule has 3 rings (SSSR count). The first-order valence-corrected chi connectivity index (χ1v) is 9.86. The molecular formula is C19H24N4O2S. The van der Waals surface area contributed by atoms with E-state index in [2.05, 4.69) is 24.2 Å². The molecule has 0 aliphatic carbocycles. The summed E-state index contributed by atoms with van der Waals surface area (Å²) in [5.41, 5.74) is 2.60. The summed E-state index contributed by atoms with van der Waals surface area (Å²) >= 11 is 1.56. The lowest BCUT2D eigenvalue weighted by Crippen LogP contribution is -2.25. The molecule has 0 bridgehead atoms. The lowest BCUT2D eigenvalue weighted by Gasteiger charge is -2.18. The van der Waals surface area contributed by atoms with E-state index in [0.717, 1.165) is 28.9 Å². The summed E-state index contributed by atoms with van der Waals surface area (Å²) in [5.74, 6) is 0.997. The number of aromatic nitrogens is 1. The Labute approximate surface area is 157 Å². The number of ether oxygens (including phenoxy) is 1. The van der Waals surface area contributed by atoms with Gasteiger partial charge in [0, 0.05) is 23.7 Å². The van der Waals surface area contributed by atoms with Gasteiger partial charge in [0.25, 0.3) is 5.91 Å². The van der Waals surface area contributed by atoms with E-state index in [1.807, 2.05) is 41.4 Å². The standard InChI is InChI=1S/C19H24N4O2S/c1-4-13(5-2)10-21-23-16(12-26-19(23)20-6-3)14-7-8-17-15(9-14)22-18(24)11-25-17/h7-10,12-13H,4-6,11H2,1-3H3,(H,22,24). The van der Waals surface area contributed by atoms with Gasteiger partial charge in [-0.15, -0.1) is 11.3 Å². The number of carbonyl (C=O) groups excluding carboxylic acids is 1. The van der Waals surface area contributed by atoms with Crippen LogP contribution < -0.4 is 14.9 Å². The van der Waals surface area contributed by atoms with Crippen molar-refractivity contribution in [2.75, 3.05) is 18.5 Å². The molecule has 2 aromatic rings. The fourth-order valence-electron chi connectivity index (χ4n) is 2.76. The van der Waals surface area contributed by atoms with Gasteiger partial charge in [0.05, 0.1) is 11.4 Å². The number of nitrogens with zero attached hydrogens (tertiary/aromatic N) is 3. The first-order valence-electron chi connectivity index (χ1n) is 8.98. The monoisotopic (exact) mass is 372 g/mol. The molecule has 138 valence electrons. The third-order valence-electron chi connectivity index (χ3n) is 4.33. The van der Waals surface area contributed by atoms with E-state index in [1.54, 1.807) is 11.3 Å². The summed E-state index contributed by atoms with van der Waals surface area (Å²) in [5, 5.41) is 9.63. The third kappa shape index (κ3) is 3.88. The van der Waals surface area contributed by atoms with Crippen molar-refractivity contribution in [1.82, 2.24) is 4.68 Å². The molecule has 0 saturated heterocycles. The predicted octanol–water partition coefficient (Wildman–Crippen LogP) is 3.74. The minimum Gasteiger partial charge on any atom is -0.482 e. The number of rotatable bonds is 6. The number of fused-ring (bicyclic) bond motifs is 1. The number of hydrogen-bond donors (Lipinski definition) is 1. The summed E-state index contributed by atoms with van der Waals surface area (Å²) in [6.45, 7) is 7.12. The molecule has 2 heterocycles. The molecule has 0 radical (unpaired) electrons. The Kier molecular flexibility index (Phi) is 5.88. The van der Waals surface area contributed by atoms with Gasteiger partial charge in [-0.1, -0.05) is 13.8 Å². The third-order valence-corrected chi connectivity index (χ3v) is 5.18. The number of hydrogen-bond acceptors (Lipinski definition) is 5. The van der Waals surface area contributed by atoms with Crippen LogP contribution in [0.4, 0.5) is 5.69 Å². The highest BCUT2D eigenvalue weighted by Gasteiger charge is 2.17. The fraction of sp³-hybridized carbons (Fsp3) is 0.421. The Bertz CT molecular complexity index is 878. The summed E-state index contributed by atoms with van der Waals surface area (Å²) in [4.78, 5) is 17.0. The predicted molar refractivity (Wildman–Crippen MR) is 106 cm³/mol. The van der Waals surface area contributed by atoms with Gasteiger partial charge in [-0.2, -0.15) is 5.10 Å². The number of benzene rings is 1. The SMILES string of the molecule is CCN=c1scc(-c2ccc3c(c2)NC(=O)CO3)n1N=CC(CC)CC. The number of thiazole rings is 1. The first-order chi connectivity index (χ1) is 12.7. The molecule has 0 unspecified atom stereocenters. The van der Waals surface area contributed by atoms with E-state index in [9.17, 15) is 4.79 Å². The van der Waals surface area contributed by atoms with Crippen molar-refractivity contribution in [2.24, 2.45) is 16.0 Å². The van der Waals surface area contributed by atoms with Crippen molar-refractivity contribution in [3.05, 3.63) is 28.4 Å². The number of anilines is 1. The molecule has 0 atom stereocenters. The van der Waals surface area contributed by atoms with Crippen molar-refractivity contribution in [1.29, 1.82) is 0 Å². The van der Waals surface area contributed by atoms with Gasteiger partial charge in [0.2, 0.25) is 4.80 Å². The Morgan fingerprint density at radius 1 is 1.35 bits per heavy atom. The number of carbonyl (C=O) groups is 1. The maximum Gasteiger partial charge on any atom is 0.262 e. The highest BCUT2D eigenvalue weighted by molar-refractivity contribution is 7.07. The first kappa shape index (κ1) is 18.4. The summed E-state index contributed by atoms with van der Waals surface area (Å²) in [6.07, 6.45) is 4.12. The Morgan fingerprint density at radius 2 is 2.15 bits per heavy atom. The molecule has 6 nitrogen and oxygen atoms in total. The van der Waals surface area contributed by atoms with Crippen LogP contribution in [-0.4, -0.2) is 29.9 Å². The second-order valence-corrected chi connectivity index (χ2v) is 6.92. The maximum absolute atomic E-state index is 11.6. The normalized spacial score (nSPS) is 14.6. The molecule has 1 aromatic heterocycles. The summed E-state index contributed by atoms with van der Waals surface area (Å²) in [7, 11) is 0. The molecule has 1 aromatic carbocycles. The molecule has 26 heavy (non-hydrogen) atoms. The van der Waals surface area contributed by atoms with E-state index in [0.29, 0.717) is 23.9 Å². The van der Waals surface area contributed by atoms with Gasteiger partial charge < -0.3 is 10.1 Å². The highest BCUT2D eigenvalue weighted by atomic mass is 32.1. The zero-order valence-electron chi connectivity index (χ0n) is 15.4. The van der Waals surface area contributed by atoms with E-state index in [-0.39, 0.29) is 12.5 Å². The molecule has 7 heteroatoms. The van der Waals surface area contributed by atoms with E-state index < -0.39 is 0 Å². The average molecular weight is 372 g/mol. The second-order valence-electron chi connectivity index (χ2n) is 6.08. The van der Waals surface area contributed by atoms with Crippen LogP contribution in [0.2, 0.25) is 0 Å². The van der Waals surface area contributed by atoms with Crippen molar-refractivity contribution < 1.29 is 9.53 Å². The van der Waals surface area contributed by atoms with Crippen LogP contribution in [0, 0.1) is 5.92 Å². The van der Waals surface area contributed by atoms with E-state index >= 15 is 0 Å². The minimum absolute atomic E-state index is 0.0596. The van der Waals surface area contributed by atoms with Crippen molar-refractivity contribution in [3.8, 4) is 17.0 Å². The van der Waals surface area contributed by atoms with Crippen LogP contribution >= 0.6 is 11.3 Å². The van der Waals surface area contributed by atoms with Gasteiger partial charge in [-0.25, -0.2) is 4.68 Å². The molecule has 0 spiro atoms. The molecule has 1 aliphatic heterocycles. The number of amides is 1. The van der Waals surface area contributed by atoms with Crippen LogP contribution in [0.15, 0.2) is 33.7 Å². The highest BCUT2D eigenvalue weighted by Crippen LogP contribution is 2.32. The molecule has 0 fully saturated rings. The van der Waals surface area contributed by atoms with Crippen LogP contribution in [-0.2, 0) is 4.79 Å². The average Bonchev–Trinajstić information content (AvgIpc) is 3.05. The quantitative estimate of drug-likeness (QED) is 0.785. The van der Waals surface area contributed by atoms with Crippen molar-refractivity contribution >= 4 is 29.1 Å². The van der Waals surface area contributed by atoms with Gasteiger partial charge in [-0.3, -0.25) is 9.79 Å².